The molecule has 0 amide bonds. The molecule has 0 spiro atoms. The number of nitriles is 1. The van der Waals surface area contributed by atoms with E-state index in [0.717, 1.165) is 24.4 Å². The lowest BCUT2D eigenvalue weighted by atomic mass is 10.0. The lowest BCUT2D eigenvalue weighted by Gasteiger charge is -2.03. The molecule has 0 fully saturated rings. The summed E-state index contributed by atoms with van der Waals surface area (Å²) in [6.45, 7) is 7.00. The van der Waals surface area contributed by atoms with Gasteiger partial charge in [-0.25, -0.2) is 4.39 Å². The second kappa shape index (κ2) is 7.02. The van der Waals surface area contributed by atoms with E-state index in [9.17, 15) is 4.39 Å². The Hall–Kier alpha value is -1.43. The molecule has 2 nitrogen and oxygen atoms in total. The highest BCUT2D eigenvalue weighted by Gasteiger charge is 2.05. The minimum absolute atomic E-state index is 0.0288. The van der Waals surface area contributed by atoms with E-state index in [4.69, 9.17) is 5.26 Å². The first-order valence-electron chi connectivity index (χ1n) is 4.55. The summed E-state index contributed by atoms with van der Waals surface area (Å²) in [4.78, 5) is 3.89. The molecule has 14 heavy (non-hydrogen) atoms. The lowest BCUT2D eigenvalue weighted by molar-refractivity contribution is 0.660. The molecule has 0 aromatic carbocycles. The third kappa shape index (κ3) is 5.26. The van der Waals surface area contributed by atoms with Gasteiger partial charge in [0, 0.05) is 12.1 Å². The van der Waals surface area contributed by atoms with Crippen LogP contribution in [-0.4, -0.2) is 5.71 Å². The smallest absolute Gasteiger partial charge is 0.140 e. The van der Waals surface area contributed by atoms with Crippen LogP contribution in [0.3, 0.4) is 0 Å². The molecule has 0 N–H and O–H groups in total. The van der Waals surface area contributed by atoms with Gasteiger partial charge in [-0.05, 0) is 19.4 Å². The van der Waals surface area contributed by atoms with Crippen LogP contribution in [0.15, 0.2) is 29.7 Å². The molecule has 0 saturated heterocycles. The molecule has 0 aromatic heterocycles. The minimum atomic E-state index is -0.464. The Bertz CT molecular complexity index is 284. The maximum atomic E-state index is 12.6. The van der Waals surface area contributed by atoms with Gasteiger partial charge in [-0.1, -0.05) is 13.5 Å². The van der Waals surface area contributed by atoms with Crippen molar-refractivity contribution in [3.63, 3.8) is 0 Å². The summed E-state index contributed by atoms with van der Waals surface area (Å²) in [5.41, 5.74) is 0.760. The van der Waals surface area contributed by atoms with Gasteiger partial charge in [0.1, 0.15) is 5.83 Å². The van der Waals surface area contributed by atoms with E-state index < -0.39 is 5.83 Å². The average molecular weight is 194 g/mol. The molecule has 0 aliphatic heterocycles. The monoisotopic (exact) mass is 194 g/mol. The fraction of sp³-hybridized carbons (Fsp3) is 0.455. The SMILES string of the molecule is C=C/C(F)=C\N=C(C)CC(C#N)CC. The van der Waals surface area contributed by atoms with Gasteiger partial charge in [-0.2, -0.15) is 5.26 Å². The summed E-state index contributed by atoms with van der Waals surface area (Å²) >= 11 is 0. The second-order valence-electron chi connectivity index (χ2n) is 3.02. The number of halogens is 1. The standard InChI is InChI=1S/C11H15FN2/c1-4-10(7-13)6-9(3)14-8-11(12)5-2/h5,8,10H,2,4,6H2,1,3H3/b11-8+,14-9?. The summed E-state index contributed by atoms with van der Waals surface area (Å²) in [6.07, 6.45) is 3.59. The van der Waals surface area contributed by atoms with Crippen molar-refractivity contribution in [1.29, 1.82) is 5.26 Å². The molecule has 1 unspecified atom stereocenters. The average Bonchev–Trinajstić information content (AvgIpc) is 2.22. The fourth-order valence-electron chi connectivity index (χ4n) is 0.915. The van der Waals surface area contributed by atoms with E-state index in [1.165, 1.54) is 0 Å². The Morgan fingerprint density at radius 3 is 2.79 bits per heavy atom. The number of aliphatic imine (C=N–C) groups is 1. The third-order valence-electron chi connectivity index (χ3n) is 1.82. The number of hydrogen-bond acceptors (Lipinski definition) is 2. The summed E-state index contributed by atoms with van der Waals surface area (Å²) in [7, 11) is 0. The third-order valence-corrected chi connectivity index (χ3v) is 1.82. The fourth-order valence-corrected chi connectivity index (χ4v) is 0.915. The van der Waals surface area contributed by atoms with Crippen molar-refractivity contribution in [3.8, 4) is 6.07 Å². The molecule has 0 aliphatic carbocycles. The number of hydrogen-bond donors (Lipinski definition) is 0. The zero-order valence-corrected chi connectivity index (χ0v) is 8.63. The summed E-state index contributed by atoms with van der Waals surface area (Å²) in [5.74, 6) is -0.492. The van der Waals surface area contributed by atoms with Crippen LogP contribution in [0.1, 0.15) is 26.7 Å². The zero-order valence-electron chi connectivity index (χ0n) is 8.63. The van der Waals surface area contributed by atoms with E-state index in [1.807, 2.05) is 6.92 Å². The molecular weight excluding hydrogens is 179 g/mol. The predicted molar refractivity (Wildman–Crippen MR) is 56.5 cm³/mol. The van der Waals surface area contributed by atoms with Crippen LogP contribution in [0.2, 0.25) is 0 Å². The quantitative estimate of drug-likeness (QED) is 0.488. The van der Waals surface area contributed by atoms with Crippen molar-refractivity contribution in [2.45, 2.75) is 26.7 Å². The summed E-state index contributed by atoms with van der Waals surface area (Å²) in [6, 6.07) is 2.17. The minimum Gasteiger partial charge on any atom is -0.263 e. The number of rotatable bonds is 5. The van der Waals surface area contributed by atoms with Crippen LogP contribution in [0.25, 0.3) is 0 Å². The first-order chi connectivity index (χ1) is 6.63. The highest BCUT2D eigenvalue weighted by Crippen LogP contribution is 2.08. The van der Waals surface area contributed by atoms with Gasteiger partial charge in [0.25, 0.3) is 0 Å². The van der Waals surface area contributed by atoms with Crippen LogP contribution in [0.4, 0.5) is 4.39 Å². The second-order valence-corrected chi connectivity index (χ2v) is 3.02. The Kier molecular flexibility index (Phi) is 6.30. The van der Waals surface area contributed by atoms with E-state index in [-0.39, 0.29) is 5.92 Å². The van der Waals surface area contributed by atoms with E-state index in [0.29, 0.717) is 6.42 Å². The van der Waals surface area contributed by atoms with Crippen molar-refractivity contribution in [3.05, 3.63) is 24.7 Å². The molecular formula is C11H15FN2. The molecule has 76 valence electrons. The molecule has 0 aliphatic rings. The van der Waals surface area contributed by atoms with Crippen molar-refractivity contribution >= 4 is 5.71 Å². The van der Waals surface area contributed by atoms with Gasteiger partial charge in [0.2, 0.25) is 0 Å². The van der Waals surface area contributed by atoms with Crippen LogP contribution < -0.4 is 0 Å². The van der Waals surface area contributed by atoms with Crippen molar-refractivity contribution in [1.82, 2.24) is 0 Å². The zero-order chi connectivity index (χ0) is 11.0. The van der Waals surface area contributed by atoms with Gasteiger partial charge in [-0.3, -0.25) is 4.99 Å². The largest absolute Gasteiger partial charge is 0.263 e. The lowest BCUT2D eigenvalue weighted by Crippen LogP contribution is -2.01. The normalized spacial score (nSPS) is 14.7. The highest BCUT2D eigenvalue weighted by molar-refractivity contribution is 5.82. The Morgan fingerprint density at radius 1 is 1.71 bits per heavy atom. The molecule has 0 bridgehead atoms. The van der Waals surface area contributed by atoms with Crippen LogP contribution in [0.5, 0.6) is 0 Å². The van der Waals surface area contributed by atoms with Crippen molar-refractivity contribution < 1.29 is 4.39 Å². The maximum absolute atomic E-state index is 12.6. The molecule has 0 radical (unpaired) electrons. The first kappa shape index (κ1) is 12.6. The van der Waals surface area contributed by atoms with Crippen LogP contribution in [-0.2, 0) is 0 Å². The van der Waals surface area contributed by atoms with E-state index >= 15 is 0 Å². The van der Waals surface area contributed by atoms with E-state index in [1.54, 1.807) is 6.92 Å². The van der Waals surface area contributed by atoms with E-state index in [2.05, 4.69) is 17.6 Å². The molecule has 0 aromatic rings. The van der Waals surface area contributed by atoms with Gasteiger partial charge in [0.15, 0.2) is 0 Å². The number of nitrogens with zero attached hydrogens (tertiary/aromatic N) is 2. The summed E-state index contributed by atoms with van der Waals surface area (Å²) < 4.78 is 12.6. The first-order valence-corrected chi connectivity index (χ1v) is 4.55. The number of allylic oxidation sites excluding steroid dienone is 2. The Labute approximate surface area is 84.5 Å². The van der Waals surface area contributed by atoms with Gasteiger partial charge in [-0.15, -0.1) is 0 Å². The topological polar surface area (TPSA) is 36.1 Å². The van der Waals surface area contributed by atoms with Crippen LogP contribution >= 0.6 is 0 Å². The highest BCUT2D eigenvalue weighted by atomic mass is 19.1. The molecule has 1 atom stereocenters. The predicted octanol–water partition coefficient (Wildman–Crippen LogP) is 3.38. The molecule has 3 heteroatoms. The van der Waals surface area contributed by atoms with Gasteiger partial charge >= 0.3 is 0 Å². The van der Waals surface area contributed by atoms with Gasteiger partial charge < -0.3 is 0 Å². The van der Waals surface area contributed by atoms with Crippen molar-refractivity contribution in [2.24, 2.45) is 10.9 Å². The Balaban J connectivity index is 4.27. The Morgan fingerprint density at radius 2 is 2.36 bits per heavy atom. The molecule has 0 saturated carbocycles. The van der Waals surface area contributed by atoms with Gasteiger partial charge in [0.05, 0.1) is 18.2 Å². The molecule has 0 heterocycles. The molecule has 0 rings (SSSR count). The van der Waals surface area contributed by atoms with Crippen molar-refractivity contribution in [2.75, 3.05) is 0 Å². The maximum Gasteiger partial charge on any atom is 0.140 e. The summed E-state index contributed by atoms with van der Waals surface area (Å²) in [5, 5.41) is 8.69. The van der Waals surface area contributed by atoms with Crippen LogP contribution in [0, 0.1) is 17.2 Å².